The molecule has 0 unspecified atom stereocenters. The zero-order valence-corrected chi connectivity index (χ0v) is 16.0. The van der Waals surface area contributed by atoms with Crippen LogP contribution in [0.15, 0.2) is 56.2 Å². The van der Waals surface area contributed by atoms with Crippen LogP contribution in [0, 0.1) is 0 Å². The molecule has 0 spiro atoms. The average molecular weight is 379 g/mol. The number of ether oxygens (including phenoxy) is 1. The van der Waals surface area contributed by atoms with Crippen molar-refractivity contribution >= 4 is 11.1 Å². The van der Waals surface area contributed by atoms with E-state index in [-0.39, 0.29) is 11.8 Å². The number of rotatable bonds is 6. The summed E-state index contributed by atoms with van der Waals surface area (Å²) in [6, 6.07) is 13.4. The van der Waals surface area contributed by atoms with E-state index in [9.17, 15) is 4.79 Å². The Balaban J connectivity index is 1.54. The van der Waals surface area contributed by atoms with E-state index >= 15 is 0 Å². The van der Waals surface area contributed by atoms with Gasteiger partial charge in [0.1, 0.15) is 5.75 Å². The summed E-state index contributed by atoms with van der Waals surface area (Å²) in [5.74, 6) is 1.49. The number of fused-ring (bicyclic) bond motifs is 1. The smallest absolute Gasteiger partial charge is 0.420 e. The Labute approximate surface area is 161 Å². The lowest BCUT2D eigenvalue weighted by molar-refractivity contribution is 0.378. The fourth-order valence-corrected chi connectivity index (χ4v) is 3.22. The molecule has 28 heavy (non-hydrogen) atoms. The van der Waals surface area contributed by atoms with Crippen LogP contribution < -0.4 is 10.5 Å². The Bertz CT molecular complexity index is 1170. The summed E-state index contributed by atoms with van der Waals surface area (Å²) in [5.41, 5.74) is 3.15. The van der Waals surface area contributed by atoms with Crippen molar-refractivity contribution in [3.8, 4) is 17.1 Å². The molecular formula is C21H21N3O4. The quantitative estimate of drug-likeness (QED) is 0.503. The summed E-state index contributed by atoms with van der Waals surface area (Å²) < 4.78 is 17.6. The van der Waals surface area contributed by atoms with E-state index in [0.29, 0.717) is 23.7 Å². The molecule has 0 atom stereocenters. The highest BCUT2D eigenvalue weighted by atomic mass is 16.5. The highest BCUT2D eigenvalue weighted by Gasteiger charge is 2.15. The van der Waals surface area contributed by atoms with Crippen molar-refractivity contribution in [1.29, 1.82) is 0 Å². The average Bonchev–Trinajstić information content (AvgIpc) is 3.29. The second-order valence-electron chi connectivity index (χ2n) is 6.88. The zero-order valence-electron chi connectivity index (χ0n) is 16.0. The molecule has 0 saturated carbocycles. The van der Waals surface area contributed by atoms with Crippen LogP contribution >= 0.6 is 0 Å². The lowest BCUT2D eigenvalue weighted by atomic mass is 10.1. The van der Waals surface area contributed by atoms with Crippen LogP contribution in [-0.2, 0) is 12.8 Å². The summed E-state index contributed by atoms with van der Waals surface area (Å²) in [4.78, 5) is 16.5. The van der Waals surface area contributed by atoms with E-state index in [0.717, 1.165) is 28.8 Å². The fraction of sp³-hybridized carbons (Fsp3) is 0.286. The minimum Gasteiger partial charge on any atom is -0.497 e. The van der Waals surface area contributed by atoms with Crippen molar-refractivity contribution < 1.29 is 13.7 Å². The molecule has 0 amide bonds. The Hall–Kier alpha value is -3.35. The van der Waals surface area contributed by atoms with Crippen molar-refractivity contribution in [2.45, 2.75) is 32.7 Å². The van der Waals surface area contributed by atoms with Gasteiger partial charge in [-0.1, -0.05) is 17.3 Å². The molecule has 7 nitrogen and oxygen atoms in total. The Kier molecular flexibility index (Phi) is 4.73. The van der Waals surface area contributed by atoms with Crippen molar-refractivity contribution in [3.05, 3.63) is 64.5 Å². The van der Waals surface area contributed by atoms with Crippen LogP contribution in [0.4, 0.5) is 0 Å². The van der Waals surface area contributed by atoms with Crippen molar-refractivity contribution in [2.75, 3.05) is 7.11 Å². The highest BCUT2D eigenvalue weighted by molar-refractivity contribution is 5.78. The van der Waals surface area contributed by atoms with Crippen molar-refractivity contribution in [2.24, 2.45) is 0 Å². The molecule has 144 valence electrons. The minimum absolute atomic E-state index is 0.0213. The van der Waals surface area contributed by atoms with Gasteiger partial charge in [0.05, 0.1) is 12.6 Å². The van der Waals surface area contributed by atoms with Crippen LogP contribution in [0.2, 0.25) is 0 Å². The number of aryl methyl sites for hydroxylation is 2. The molecule has 0 aliphatic rings. The molecule has 4 aromatic rings. The number of hydrogen-bond donors (Lipinski definition) is 0. The lowest BCUT2D eigenvalue weighted by Crippen LogP contribution is -2.15. The molecule has 0 aliphatic heterocycles. The minimum atomic E-state index is -0.366. The third-order valence-corrected chi connectivity index (χ3v) is 4.62. The first-order valence-corrected chi connectivity index (χ1v) is 9.16. The van der Waals surface area contributed by atoms with Crippen molar-refractivity contribution in [1.82, 2.24) is 14.7 Å². The molecule has 7 heteroatoms. The molecule has 2 aromatic carbocycles. The Morgan fingerprint density at radius 1 is 1.14 bits per heavy atom. The van der Waals surface area contributed by atoms with Gasteiger partial charge in [-0.25, -0.2) is 4.79 Å². The third kappa shape index (κ3) is 3.43. The first-order chi connectivity index (χ1) is 13.5. The van der Waals surface area contributed by atoms with Crippen LogP contribution in [-0.4, -0.2) is 21.8 Å². The Morgan fingerprint density at radius 3 is 2.79 bits per heavy atom. The lowest BCUT2D eigenvalue weighted by Gasteiger charge is -2.04. The molecule has 2 heterocycles. The standard InChI is InChI=1S/C21H21N3O4/c1-13(2)24-17-9-8-15(12-18(17)27-21(24)25)20-22-19(28-23-20)10-7-14-5-4-6-16(11-14)26-3/h4-6,8-9,11-13H,7,10H2,1-3H3. The number of nitrogens with zero attached hydrogens (tertiary/aromatic N) is 3. The molecule has 0 N–H and O–H groups in total. The Morgan fingerprint density at radius 2 is 2.00 bits per heavy atom. The predicted molar refractivity (Wildman–Crippen MR) is 105 cm³/mol. The maximum Gasteiger partial charge on any atom is 0.420 e. The molecule has 0 bridgehead atoms. The topological polar surface area (TPSA) is 83.3 Å². The molecule has 0 radical (unpaired) electrons. The number of aromatic nitrogens is 3. The molecule has 0 aliphatic carbocycles. The van der Waals surface area contributed by atoms with Gasteiger partial charge in [-0.15, -0.1) is 0 Å². The van der Waals surface area contributed by atoms with Gasteiger partial charge in [0.2, 0.25) is 11.7 Å². The second-order valence-corrected chi connectivity index (χ2v) is 6.88. The summed E-state index contributed by atoms with van der Waals surface area (Å²) >= 11 is 0. The van der Waals surface area contributed by atoms with Crippen LogP contribution in [0.1, 0.15) is 31.3 Å². The summed E-state index contributed by atoms with van der Waals surface area (Å²) in [5, 5.41) is 4.07. The van der Waals surface area contributed by atoms with Gasteiger partial charge < -0.3 is 13.7 Å². The van der Waals surface area contributed by atoms with E-state index < -0.39 is 0 Å². The maximum absolute atomic E-state index is 12.0. The SMILES string of the molecule is COc1cccc(CCc2nc(-c3ccc4c(c3)oc(=O)n4C(C)C)no2)c1. The fourth-order valence-electron chi connectivity index (χ4n) is 3.22. The van der Waals surface area contributed by atoms with Crippen LogP contribution in [0.3, 0.4) is 0 Å². The summed E-state index contributed by atoms with van der Waals surface area (Å²) in [6.45, 7) is 3.89. The summed E-state index contributed by atoms with van der Waals surface area (Å²) in [7, 11) is 1.65. The van der Waals surface area contributed by atoms with Crippen molar-refractivity contribution in [3.63, 3.8) is 0 Å². The van der Waals surface area contributed by atoms with E-state index in [1.54, 1.807) is 17.7 Å². The molecule has 0 fully saturated rings. The first-order valence-electron chi connectivity index (χ1n) is 9.16. The van der Waals surface area contributed by atoms with Crippen LogP contribution in [0.25, 0.3) is 22.5 Å². The molecule has 0 saturated heterocycles. The number of benzene rings is 2. The normalized spacial score (nSPS) is 11.4. The second kappa shape index (κ2) is 7.34. The van der Waals surface area contributed by atoms with Gasteiger partial charge in [0, 0.05) is 18.0 Å². The van der Waals surface area contributed by atoms with Gasteiger partial charge in [-0.2, -0.15) is 4.98 Å². The largest absolute Gasteiger partial charge is 0.497 e. The van der Waals surface area contributed by atoms with Crippen LogP contribution in [0.5, 0.6) is 5.75 Å². The first kappa shape index (κ1) is 18.0. The van der Waals surface area contributed by atoms with E-state index in [2.05, 4.69) is 10.1 Å². The van der Waals surface area contributed by atoms with E-state index in [1.165, 1.54) is 0 Å². The van der Waals surface area contributed by atoms with Gasteiger partial charge in [-0.3, -0.25) is 4.57 Å². The van der Waals surface area contributed by atoms with Gasteiger partial charge in [0.15, 0.2) is 5.58 Å². The number of methoxy groups -OCH3 is 1. The molecule has 4 rings (SSSR count). The van der Waals surface area contributed by atoms with E-state index in [1.807, 2.05) is 50.2 Å². The van der Waals surface area contributed by atoms with Gasteiger partial charge >= 0.3 is 5.76 Å². The maximum atomic E-state index is 12.0. The third-order valence-electron chi connectivity index (χ3n) is 4.62. The molecule has 2 aromatic heterocycles. The van der Waals surface area contributed by atoms with E-state index in [4.69, 9.17) is 13.7 Å². The zero-order chi connectivity index (χ0) is 19.7. The summed E-state index contributed by atoms with van der Waals surface area (Å²) in [6.07, 6.45) is 1.39. The van der Waals surface area contributed by atoms with Gasteiger partial charge in [0.25, 0.3) is 0 Å². The predicted octanol–water partition coefficient (Wildman–Crippen LogP) is 4.02. The molecular weight excluding hydrogens is 358 g/mol. The number of oxazole rings is 1. The monoisotopic (exact) mass is 379 g/mol. The number of hydrogen-bond acceptors (Lipinski definition) is 6. The van der Waals surface area contributed by atoms with Gasteiger partial charge in [-0.05, 0) is 56.2 Å². The highest BCUT2D eigenvalue weighted by Crippen LogP contribution is 2.24.